The maximum Gasteiger partial charge on any atom is 0.0608 e. The average molecular weight is 210 g/mol. The molecule has 3 fully saturated rings. The van der Waals surface area contributed by atoms with Gasteiger partial charge in [-0.3, -0.25) is 0 Å². The first-order chi connectivity index (χ1) is 7.41. The van der Waals surface area contributed by atoms with E-state index in [1.807, 2.05) is 0 Å². The first kappa shape index (κ1) is 10.1. The molecule has 15 heavy (non-hydrogen) atoms. The van der Waals surface area contributed by atoms with Crippen LogP contribution in [0, 0.1) is 11.3 Å². The van der Waals surface area contributed by atoms with Gasteiger partial charge < -0.3 is 9.47 Å². The molecular formula is C13H22O2. The predicted octanol–water partition coefficient (Wildman–Crippen LogP) is 2.76. The molecule has 1 saturated carbocycles. The maximum absolute atomic E-state index is 5.97. The summed E-state index contributed by atoms with van der Waals surface area (Å²) in [6.07, 6.45) is 9.98. The second-order valence-corrected chi connectivity index (χ2v) is 5.52. The van der Waals surface area contributed by atoms with Crippen molar-refractivity contribution in [2.75, 3.05) is 19.8 Å². The van der Waals surface area contributed by atoms with Gasteiger partial charge >= 0.3 is 0 Å². The first-order valence-electron chi connectivity index (χ1n) is 6.60. The van der Waals surface area contributed by atoms with Crippen molar-refractivity contribution in [1.82, 2.24) is 0 Å². The highest BCUT2D eigenvalue weighted by molar-refractivity contribution is 5.00. The summed E-state index contributed by atoms with van der Waals surface area (Å²) in [5, 5.41) is 0. The van der Waals surface area contributed by atoms with Crippen LogP contribution in [0.5, 0.6) is 0 Å². The van der Waals surface area contributed by atoms with Gasteiger partial charge in [-0.15, -0.1) is 0 Å². The lowest BCUT2D eigenvalue weighted by Crippen LogP contribution is -2.51. The van der Waals surface area contributed by atoms with Gasteiger partial charge in [0.25, 0.3) is 0 Å². The second kappa shape index (κ2) is 4.06. The Morgan fingerprint density at radius 1 is 0.867 bits per heavy atom. The monoisotopic (exact) mass is 210 g/mol. The summed E-state index contributed by atoms with van der Waals surface area (Å²) < 4.78 is 11.5. The van der Waals surface area contributed by atoms with E-state index in [-0.39, 0.29) is 0 Å². The van der Waals surface area contributed by atoms with Gasteiger partial charge in [0.15, 0.2) is 0 Å². The van der Waals surface area contributed by atoms with Gasteiger partial charge in [0.05, 0.1) is 6.10 Å². The van der Waals surface area contributed by atoms with E-state index in [1.165, 1.54) is 44.9 Å². The summed E-state index contributed by atoms with van der Waals surface area (Å²) in [6, 6.07) is 0. The standard InChI is InChI=1S/C13H22O2/c1-2-8-15-12(3-1)11-4-5-13(11)6-9-14-10-7-13/h11-12H,1-10H2. The third kappa shape index (κ3) is 1.72. The zero-order valence-corrected chi connectivity index (χ0v) is 9.54. The number of hydrogen-bond acceptors (Lipinski definition) is 2. The summed E-state index contributed by atoms with van der Waals surface area (Å²) in [7, 11) is 0. The summed E-state index contributed by atoms with van der Waals surface area (Å²) in [5.41, 5.74) is 0.625. The van der Waals surface area contributed by atoms with Gasteiger partial charge in [0, 0.05) is 19.8 Å². The molecule has 2 heterocycles. The first-order valence-corrected chi connectivity index (χ1v) is 6.60. The quantitative estimate of drug-likeness (QED) is 0.662. The Balaban J connectivity index is 1.65. The van der Waals surface area contributed by atoms with Gasteiger partial charge in [0.2, 0.25) is 0 Å². The Kier molecular flexibility index (Phi) is 2.73. The summed E-state index contributed by atoms with van der Waals surface area (Å²) >= 11 is 0. The summed E-state index contributed by atoms with van der Waals surface area (Å²) in [4.78, 5) is 0. The molecule has 0 aromatic heterocycles. The molecule has 2 saturated heterocycles. The van der Waals surface area contributed by atoms with Crippen molar-refractivity contribution in [2.45, 2.75) is 51.0 Å². The van der Waals surface area contributed by atoms with E-state index >= 15 is 0 Å². The topological polar surface area (TPSA) is 18.5 Å². The van der Waals surface area contributed by atoms with Crippen LogP contribution >= 0.6 is 0 Å². The number of hydrogen-bond donors (Lipinski definition) is 0. The van der Waals surface area contributed by atoms with Crippen molar-refractivity contribution in [3.63, 3.8) is 0 Å². The second-order valence-electron chi connectivity index (χ2n) is 5.52. The van der Waals surface area contributed by atoms with Gasteiger partial charge in [-0.2, -0.15) is 0 Å². The van der Waals surface area contributed by atoms with Crippen LogP contribution in [0.2, 0.25) is 0 Å². The minimum absolute atomic E-state index is 0.589. The molecule has 2 unspecified atom stereocenters. The van der Waals surface area contributed by atoms with E-state index in [9.17, 15) is 0 Å². The maximum atomic E-state index is 5.97. The van der Waals surface area contributed by atoms with Crippen LogP contribution in [0.1, 0.15) is 44.9 Å². The fraction of sp³-hybridized carbons (Fsp3) is 1.00. The Morgan fingerprint density at radius 2 is 1.73 bits per heavy atom. The van der Waals surface area contributed by atoms with Crippen LogP contribution in [0.3, 0.4) is 0 Å². The normalized spacial score (nSPS) is 40.0. The van der Waals surface area contributed by atoms with Crippen molar-refractivity contribution in [3.8, 4) is 0 Å². The molecule has 1 aliphatic carbocycles. The van der Waals surface area contributed by atoms with Crippen LogP contribution in [0.15, 0.2) is 0 Å². The third-order valence-corrected chi connectivity index (χ3v) is 4.89. The molecule has 2 aliphatic heterocycles. The van der Waals surface area contributed by atoms with E-state index in [0.717, 1.165) is 25.7 Å². The molecule has 3 aliphatic rings. The van der Waals surface area contributed by atoms with Gasteiger partial charge in [-0.25, -0.2) is 0 Å². The van der Waals surface area contributed by atoms with E-state index in [4.69, 9.17) is 9.47 Å². The Hall–Kier alpha value is -0.0800. The van der Waals surface area contributed by atoms with Crippen molar-refractivity contribution in [2.24, 2.45) is 11.3 Å². The lowest BCUT2D eigenvalue weighted by atomic mass is 9.54. The Bertz CT molecular complexity index is 215. The smallest absolute Gasteiger partial charge is 0.0608 e. The third-order valence-electron chi connectivity index (χ3n) is 4.89. The van der Waals surface area contributed by atoms with Crippen LogP contribution in [-0.4, -0.2) is 25.9 Å². The molecule has 3 rings (SSSR count). The molecule has 2 nitrogen and oxygen atoms in total. The van der Waals surface area contributed by atoms with E-state index in [2.05, 4.69) is 0 Å². The fourth-order valence-corrected chi connectivity index (χ4v) is 3.78. The fourth-order valence-electron chi connectivity index (χ4n) is 3.78. The molecule has 2 heteroatoms. The Labute approximate surface area is 92.3 Å². The van der Waals surface area contributed by atoms with Crippen LogP contribution < -0.4 is 0 Å². The van der Waals surface area contributed by atoms with Crippen molar-refractivity contribution < 1.29 is 9.47 Å². The lowest BCUT2D eigenvalue weighted by Gasteiger charge is -2.55. The molecular weight excluding hydrogens is 188 g/mol. The van der Waals surface area contributed by atoms with Crippen LogP contribution in [-0.2, 0) is 9.47 Å². The SMILES string of the molecule is C1CCC(C2CCC23CCOCC3)OC1. The Morgan fingerprint density at radius 3 is 2.33 bits per heavy atom. The molecule has 0 N–H and O–H groups in total. The zero-order chi connectivity index (χ0) is 10.1. The van der Waals surface area contributed by atoms with Crippen molar-refractivity contribution in [1.29, 1.82) is 0 Å². The lowest BCUT2D eigenvalue weighted by molar-refractivity contribution is -0.148. The minimum Gasteiger partial charge on any atom is -0.381 e. The summed E-state index contributed by atoms with van der Waals surface area (Å²) in [5.74, 6) is 0.863. The van der Waals surface area contributed by atoms with Crippen molar-refractivity contribution in [3.05, 3.63) is 0 Å². The van der Waals surface area contributed by atoms with E-state index < -0.39 is 0 Å². The highest BCUT2D eigenvalue weighted by atomic mass is 16.5. The molecule has 0 radical (unpaired) electrons. The predicted molar refractivity (Wildman–Crippen MR) is 58.8 cm³/mol. The molecule has 0 aromatic rings. The van der Waals surface area contributed by atoms with E-state index in [0.29, 0.717) is 11.5 Å². The number of rotatable bonds is 1. The molecule has 86 valence electrons. The zero-order valence-electron chi connectivity index (χ0n) is 9.54. The van der Waals surface area contributed by atoms with Crippen LogP contribution in [0.4, 0.5) is 0 Å². The van der Waals surface area contributed by atoms with Crippen LogP contribution in [0.25, 0.3) is 0 Å². The largest absolute Gasteiger partial charge is 0.381 e. The van der Waals surface area contributed by atoms with Crippen molar-refractivity contribution >= 4 is 0 Å². The highest BCUT2D eigenvalue weighted by Crippen LogP contribution is 2.56. The van der Waals surface area contributed by atoms with Gasteiger partial charge in [-0.1, -0.05) is 0 Å². The van der Waals surface area contributed by atoms with Gasteiger partial charge in [-0.05, 0) is 56.3 Å². The molecule has 0 amide bonds. The highest BCUT2D eigenvalue weighted by Gasteiger charge is 2.50. The molecule has 2 atom stereocenters. The molecule has 0 aromatic carbocycles. The summed E-state index contributed by atoms with van der Waals surface area (Å²) in [6.45, 7) is 2.99. The molecule has 1 spiro atoms. The van der Waals surface area contributed by atoms with E-state index in [1.54, 1.807) is 0 Å². The average Bonchev–Trinajstić information content (AvgIpc) is 2.30. The molecule has 0 bridgehead atoms. The number of ether oxygens (including phenoxy) is 2. The minimum atomic E-state index is 0.589. The van der Waals surface area contributed by atoms with Gasteiger partial charge in [0.1, 0.15) is 0 Å².